The van der Waals surface area contributed by atoms with E-state index in [1.54, 1.807) is 23.0 Å². The van der Waals surface area contributed by atoms with Gasteiger partial charge in [0, 0.05) is 16.8 Å². The van der Waals surface area contributed by atoms with Crippen LogP contribution in [0.25, 0.3) is 16.8 Å². The molecule has 94 valence electrons. The monoisotopic (exact) mass is 272 g/mol. The van der Waals surface area contributed by atoms with Gasteiger partial charge in [-0.1, -0.05) is 23.7 Å². The summed E-state index contributed by atoms with van der Waals surface area (Å²) >= 11 is 5.97. The molecule has 19 heavy (non-hydrogen) atoms. The summed E-state index contributed by atoms with van der Waals surface area (Å²) in [5.74, 6) is -0.569. The van der Waals surface area contributed by atoms with Gasteiger partial charge >= 0.3 is 0 Å². The van der Waals surface area contributed by atoms with Gasteiger partial charge in [0.15, 0.2) is 5.65 Å². The molecule has 0 aliphatic rings. The van der Waals surface area contributed by atoms with E-state index in [9.17, 15) is 4.79 Å². The molecule has 0 unspecified atom stereocenters. The van der Waals surface area contributed by atoms with E-state index in [-0.39, 0.29) is 5.69 Å². The van der Waals surface area contributed by atoms with Crippen molar-refractivity contribution in [3.05, 3.63) is 53.4 Å². The molecular formula is C13H9ClN4O. The zero-order valence-electron chi connectivity index (χ0n) is 9.75. The molecule has 0 aliphatic carbocycles. The minimum absolute atomic E-state index is 0.205. The van der Waals surface area contributed by atoms with Crippen molar-refractivity contribution in [3.63, 3.8) is 0 Å². The van der Waals surface area contributed by atoms with Crippen molar-refractivity contribution < 1.29 is 4.79 Å². The van der Waals surface area contributed by atoms with E-state index in [4.69, 9.17) is 17.3 Å². The number of fused-ring (bicyclic) bond motifs is 1. The molecule has 5 nitrogen and oxygen atoms in total. The van der Waals surface area contributed by atoms with Crippen LogP contribution in [0.2, 0.25) is 5.02 Å². The van der Waals surface area contributed by atoms with Crippen LogP contribution in [0.3, 0.4) is 0 Å². The zero-order valence-corrected chi connectivity index (χ0v) is 10.5. The number of hydrogen-bond donors (Lipinski definition) is 1. The third-order valence-electron chi connectivity index (χ3n) is 2.76. The van der Waals surface area contributed by atoms with Gasteiger partial charge < -0.3 is 5.73 Å². The summed E-state index contributed by atoms with van der Waals surface area (Å²) in [5, 5.41) is 4.81. The van der Waals surface area contributed by atoms with Crippen molar-refractivity contribution in [2.45, 2.75) is 0 Å². The van der Waals surface area contributed by atoms with Gasteiger partial charge in [-0.15, -0.1) is 0 Å². The summed E-state index contributed by atoms with van der Waals surface area (Å²) in [6.07, 6.45) is 3.33. The second kappa shape index (κ2) is 4.37. The van der Waals surface area contributed by atoms with Gasteiger partial charge in [-0.25, -0.2) is 9.50 Å². The van der Waals surface area contributed by atoms with E-state index in [0.29, 0.717) is 10.7 Å². The Morgan fingerprint density at radius 1 is 1.32 bits per heavy atom. The normalized spacial score (nSPS) is 10.8. The van der Waals surface area contributed by atoms with Gasteiger partial charge in [0.2, 0.25) is 0 Å². The summed E-state index contributed by atoms with van der Waals surface area (Å²) in [4.78, 5) is 15.4. The molecular weight excluding hydrogens is 264 g/mol. The predicted octanol–water partition coefficient (Wildman–Crippen LogP) is 2.15. The highest BCUT2D eigenvalue weighted by Crippen LogP contribution is 2.25. The third kappa shape index (κ3) is 2.04. The summed E-state index contributed by atoms with van der Waals surface area (Å²) < 4.78 is 1.59. The molecule has 0 fully saturated rings. The number of amides is 1. The summed E-state index contributed by atoms with van der Waals surface area (Å²) in [6, 6.07) is 8.89. The number of halogens is 1. The third-order valence-corrected chi connectivity index (χ3v) is 2.99. The standard InChI is InChI=1S/C13H9ClN4O/c14-9-3-1-2-8(6-9)10-7-16-18-5-4-11(12(15)19)17-13(10)18/h1-7H,(H2,15,19). The number of nitrogens with two attached hydrogens (primary N) is 1. The Morgan fingerprint density at radius 2 is 2.16 bits per heavy atom. The molecule has 0 saturated carbocycles. The lowest BCUT2D eigenvalue weighted by molar-refractivity contribution is 0.0995. The first-order valence-corrected chi connectivity index (χ1v) is 5.93. The fourth-order valence-corrected chi connectivity index (χ4v) is 2.06. The molecule has 3 aromatic rings. The lowest BCUT2D eigenvalue weighted by Crippen LogP contribution is -2.13. The molecule has 3 rings (SSSR count). The van der Waals surface area contributed by atoms with E-state index in [0.717, 1.165) is 11.1 Å². The van der Waals surface area contributed by atoms with Crippen LogP contribution in [0.4, 0.5) is 0 Å². The maximum absolute atomic E-state index is 11.2. The number of carbonyl (C=O) groups excluding carboxylic acids is 1. The maximum Gasteiger partial charge on any atom is 0.267 e. The molecule has 1 aromatic carbocycles. The van der Waals surface area contributed by atoms with Gasteiger partial charge in [-0.2, -0.15) is 5.10 Å². The number of carbonyl (C=O) groups is 1. The van der Waals surface area contributed by atoms with Crippen molar-refractivity contribution in [1.82, 2.24) is 14.6 Å². The number of benzene rings is 1. The lowest BCUT2D eigenvalue weighted by Gasteiger charge is -2.01. The van der Waals surface area contributed by atoms with Crippen molar-refractivity contribution >= 4 is 23.2 Å². The van der Waals surface area contributed by atoms with Crippen molar-refractivity contribution in [2.24, 2.45) is 5.73 Å². The van der Waals surface area contributed by atoms with E-state index >= 15 is 0 Å². The second-order valence-corrected chi connectivity index (χ2v) is 4.45. The topological polar surface area (TPSA) is 73.3 Å². The zero-order chi connectivity index (χ0) is 13.4. The van der Waals surface area contributed by atoms with Crippen LogP contribution in [0.15, 0.2) is 42.7 Å². The molecule has 0 spiro atoms. The number of aromatic nitrogens is 3. The van der Waals surface area contributed by atoms with Gasteiger partial charge in [0.05, 0.1) is 6.20 Å². The smallest absolute Gasteiger partial charge is 0.267 e. The van der Waals surface area contributed by atoms with Crippen molar-refractivity contribution in [2.75, 3.05) is 0 Å². The van der Waals surface area contributed by atoms with Crippen molar-refractivity contribution in [1.29, 1.82) is 0 Å². The highest BCUT2D eigenvalue weighted by molar-refractivity contribution is 6.30. The fraction of sp³-hybridized carbons (Fsp3) is 0. The molecule has 0 saturated heterocycles. The van der Waals surface area contributed by atoms with Crippen LogP contribution in [-0.4, -0.2) is 20.5 Å². The van der Waals surface area contributed by atoms with E-state index in [2.05, 4.69) is 10.1 Å². The second-order valence-electron chi connectivity index (χ2n) is 4.01. The van der Waals surface area contributed by atoms with Crippen LogP contribution in [-0.2, 0) is 0 Å². The molecule has 0 atom stereocenters. The van der Waals surface area contributed by atoms with Gasteiger partial charge in [0.1, 0.15) is 5.69 Å². The average Bonchev–Trinajstić information content (AvgIpc) is 2.81. The van der Waals surface area contributed by atoms with Crippen LogP contribution < -0.4 is 5.73 Å². The van der Waals surface area contributed by atoms with Crippen LogP contribution in [0.1, 0.15) is 10.5 Å². The largest absolute Gasteiger partial charge is 0.364 e. The number of nitrogens with zero attached hydrogens (tertiary/aromatic N) is 3. The molecule has 0 bridgehead atoms. The first kappa shape index (κ1) is 11.7. The Bertz CT molecular complexity index is 781. The van der Waals surface area contributed by atoms with Gasteiger partial charge in [-0.05, 0) is 23.8 Å². The van der Waals surface area contributed by atoms with E-state index in [1.807, 2.05) is 18.2 Å². The molecule has 2 N–H and O–H groups in total. The van der Waals surface area contributed by atoms with E-state index < -0.39 is 5.91 Å². The highest BCUT2D eigenvalue weighted by atomic mass is 35.5. The molecule has 1 amide bonds. The van der Waals surface area contributed by atoms with Crippen molar-refractivity contribution in [3.8, 4) is 11.1 Å². The van der Waals surface area contributed by atoms with Gasteiger partial charge in [0.25, 0.3) is 5.91 Å². The van der Waals surface area contributed by atoms with E-state index in [1.165, 1.54) is 6.07 Å². The molecule has 0 radical (unpaired) electrons. The molecule has 6 heteroatoms. The van der Waals surface area contributed by atoms with Crippen LogP contribution in [0.5, 0.6) is 0 Å². The lowest BCUT2D eigenvalue weighted by atomic mass is 10.1. The van der Waals surface area contributed by atoms with Crippen LogP contribution in [0, 0.1) is 0 Å². The number of rotatable bonds is 2. The summed E-state index contributed by atoms with van der Waals surface area (Å²) in [7, 11) is 0. The Morgan fingerprint density at radius 3 is 2.89 bits per heavy atom. The molecule has 0 aliphatic heterocycles. The van der Waals surface area contributed by atoms with Crippen LogP contribution >= 0.6 is 11.6 Å². The Hall–Kier alpha value is -2.40. The fourth-order valence-electron chi connectivity index (χ4n) is 1.87. The first-order chi connectivity index (χ1) is 9.15. The predicted molar refractivity (Wildman–Crippen MR) is 72.0 cm³/mol. The number of primary amides is 1. The Balaban J connectivity index is 2.24. The Kier molecular flexibility index (Phi) is 2.68. The number of hydrogen-bond acceptors (Lipinski definition) is 3. The highest BCUT2D eigenvalue weighted by Gasteiger charge is 2.11. The molecule has 2 aromatic heterocycles. The molecule has 2 heterocycles. The maximum atomic E-state index is 11.2. The minimum Gasteiger partial charge on any atom is -0.364 e. The minimum atomic E-state index is -0.569. The quantitative estimate of drug-likeness (QED) is 0.777. The first-order valence-electron chi connectivity index (χ1n) is 5.55. The average molecular weight is 273 g/mol. The Labute approximate surface area is 113 Å². The SMILES string of the molecule is NC(=O)c1ccn2ncc(-c3cccc(Cl)c3)c2n1. The summed E-state index contributed by atoms with van der Waals surface area (Å²) in [6.45, 7) is 0. The summed E-state index contributed by atoms with van der Waals surface area (Å²) in [5.41, 5.74) is 7.69. The van der Waals surface area contributed by atoms with Gasteiger partial charge in [-0.3, -0.25) is 4.79 Å².